The van der Waals surface area contributed by atoms with Crippen molar-refractivity contribution in [3.05, 3.63) is 48.0 Å². The molecule has 0 radical (unpaired) electrons. The number of ether oxygens (including phenoxy) is 1. The maximum Gasteiger partial charge on any atom is 0.416 e. The van der Waals surface area contributed by atoms with E-state index in [-0.39, 0.29) is 31.7 Å². The fourth-order valence-electron chi connectivity index (χ4n) is 1.88. The number of rotatable bonds is 7. The van der Waals surface area contributed by atoms with Crippen LogP contribution in [0.5, 0.6) is 0 Å². The van der Waals surface area contributed by atoms with Crippen LogP contribution < -0.4 is 0 Å². The normalized spacial score (nSPS) is 11.0. The topological polar surface area (TPSA) is 46.6 Å². The number of halogens is 3. The third-order valence-corrected chi connectivity index (χ3v) is 2.99. The van der Waals surface area contributed by atoms with E-state index < -0.39 is 23.6 Å². The van der Waals surface area contributed by atoms with Crippen LogP contribution in [0.2, 0.25) is 0 Å². The van der Waals surface area contributed by atoms with E-state index in [0.29, 0.717) is 0 Å². The summed E-state index contributed by atoms with van der Waals surface area (Å²) in [7, 11) is 0. The van der Waals surface area contributed by atoms with Crippen LogP contribution in [-0.2, 0) is 15.7 Å². The van der Waals surface area contributed by atoms with E-state index in [1.165, 1.54) is 11.0 Å². The van der Waals surface area contributed by atoms with Crippen molar-refractivity contribution in [3.8, 4) is 0 Å². The molecule has 0 spiro atoms. The van der Waals surface area contributed by atoms with Gasteiger partial charge in [0.25, 0.3) is 5.91 Å². The summed E-state index contributed by atoms with van der Waals surface area (Å²) in [6, 6.07) is 3.94. The first-order valence-electron chi connectivity index (χ1n) is 7.02. The molecule has 0 saturated heterocycles. The Morgan fingerprint density at radius 3 is 2.35 bits per heavy atom. The SMILES string of the molecule is C=CCN(CCC(=O)OCC)C(=O)c1ccc(C(F)(F)F)cc1. The molecule has 1 aromatic carbocycles. The molecule has 0 aliphatic carbocycles. The number of hydrogen-bond donors (Lipinski definition) is 0. The van der Waals surface area contributed by atoms with Crippen LogP contribution in [0.4, 0.5) is 13.2 Å². The van der Waals surface area contributed by atoms with Gasteiger partial charge in [0.05, 0.1) is 18.6 Å². The molecule has 0 heterocycles. The summed E-state index contributed by atoms with van der Waals surface area (Å²) >= 11 is 0. The monoisotopic (exact) mass is 329 g/mol. The molecule has 1 amide bonds. The molecule has 1 rings (SSSR count). The second-order valence-electron chi connectivity index (χ2n) is 4.67. The maximum atomic E-state index is 12.5. The Hall–Kier alpha value is -2.31. The summed E-state index contributed by atoms with van der Waals surface area (Å²) in [6.45, 7) is 5.73. The van der Waals surface area contributed by atoms with Gasteiger partial charge in [-0.15, -0.1) is 6.58 Å². The Morgan fingerprint density at radius 1 is 1.26 bits per heavy atom. The largest absolute Gasteiger partial charge is 0.466 e. The van der Waals surface area contributed by atoms with E-state index >= 15 is 0 Å². The molecule has 0 saturated carbocycles. The van der Waals surface area contributed by atoms with Crippen molar-refractivity contribution < 1.29 is 27.5 Å². The number of amides is 1. The van der Waals surface area contributed by atoms with Crippen LogP contribution in [0.1, 0.15) is 29.3 Å². The number of benzene rings is 1. The van der Waals surface area contributed by atoms with Crippen molar-refractivity contribution in [2.75, 3.05) is 19.7 Å². The molecule has 7 heteroatoms. The highest BCUT2D eigenvalue weighted by molar-refractivity contribution is 5.94. The summed E-state index contributed by atoms with van der Waals surface area (Å²) in [5.41, 5.74) is -0.709. The zero-order chi connectivity index (χ0) is 17.5. The van der Waals surface area contributed by atoms with Crippen LogP contribution in [0, 0.1) is 0 Å². The molecule has 0 aliphatic rings. The van der Waals surface area contributed by atoms with Crippen molar-refractivity contribution in [2.45, 2.75) is 19.5 Å². The van der Waals surface area contributed by atoms with Crippen molar-refractivity contribution >= 4 is 11.9 Å². The van der Waals surface area contributed by atoms with E-state index in [1.54, 1.807) is 6.92 Å². The molecule has 0 unspecified atom stereocenters. The number of hydrogen-bond acceptors (Lipinski definition) is 3. The number of carbonyl (C=O) groups is 2. The Bertz CT molecular complexity index is 553. The highest BCUT2D eigenvalue weighted by Crippen LogP contribution is 2.29. The van der Waals surface area contributed by atoms with Gasteiger partial charge in [0.1, 0.15) is 0 Å². The predicted molar refractivity (Wildman–Crippen MR) is 78.8 cm³/mol. The molecule has 1 aromatic rings. The standard InChI is InChI=1S/C16H18F3NO3/c1-3-10-20(11-9-14(21)23-4-2)15(22)12-5-7-13(8-6-12)16(17,18)19/h3,5-8H,1,4,9-11H2,2H3. The van der Waals surface area contributed by atoms with Gasteiger partial charge in [0.2, 0.25) is 0 Å². The number of esters is 1. The van der Waals surface area contributed by atoms with E-state index in [1.807, 2.05) is 0 Å². The van der Waals surface area contributed by atoms with E-state index in [2.05, 4.69) is 6.58 Å². The van der Waals surface area contributed by atoms with Gasteiger partial charge >= 0.3 is 12.1 Å². The molecule has 23 heavy (non-hydrogen) atoms. The minimum absolute atomic E-state index is 0.00799. The highest BCUT2D eigenvalue weighted by atomic mass is 19.4. The zero-order valence-corrected chi connectivity index (χ0v) is 12.7. The second-order valence-corrected chi connectivity index (χ2v) is 4.67. The van der Waals surface area contributed by atoms with Gasteiger partial charge in [-0.05, 0) is 31.2 Å². The summed E-state index contributed by atoms with van der Waals surface area (Å²) in [4.78, 5) is 25.0. The quantitative estimate of drug-likeness (QED) is 0.570. The third kappa shape index (κ3) is 5.77. The van der Waals surface area contributed by atoms with E-state index in [0.717, 1.165) is 24.3 Å². The Balaban J connectivity index is 2.80. The van der Waals surface area contributed by atoms with Gasteiger partial charge in [0.15, 0.2) is 0 Å². The van der Waals surface area contributed by atoms with Crippen molar-refractivity contribution in [1.29, 1.82) is 0 Å². The highest BCUT2D eigenvalue weighted by Gasteiger charge is 2.30. The van der Waals surface area contributed by atoms with Crippen LogP contribution in [0.25, 0.3) is 0 Å². The molecular weight excluding hydrogens is 311 g/mol. The lowest BCUT2D eigenvalue weighted by Crippen LogP contribution is -2.33. The summed E-state index contributed by atoms with van der Waals surface area (Å²) < 4.78 is 42.3. The summed E-state index contributed by atoms with van der Waals surface area (Å²) in [5.74, 6) is -0.912. The van der Waals surface area contributed by atoms with Crippen molar-refractivity contribution in [1.82, 2.24) is 4.90 Å². The minimum Gasteiger partial charge on any atom is -0.466 e. The average Bonchev–Trinajstić information content (AvgIpc) is 2.50. The number of carbonyl (C=O) groups excluding carboxylic acids is 2. The Morgan fingerprint density at radius 2 is 1.87 bits per heavy atom. The predicted octanol–water partition coefficient (Wildman–Crippen LogP) is 3.29. The van der Waals surface area contributed by atoms with Gasteiger partial charge in [-0.25, -0.2) is 0 Å². The Kier molecular flexibility index (Phi) is 6.81. The molecule has 0 atom stereocenters. The molecule has 4 nitrogen and oxygen atoms in total. The van der Waals surface area contributed by atoms with Crippen LogP contribution in [0.3, 0.4) is 0 Å². The van der Waals surface area contributed by atoms with Crippen LogP contribution >= 0.6 is 0 Å². The first-order valence-corrected chi connectivity index (χ1v) is 7.02. The number of nitrogens with zero attached hydrogens (tertiary/aromatic N) is 1. The van der Waals surface area contributed by atoms with Gasteiger partial charge in [-0.3, -0.25) is 9.59 Å². The Labute approximate surface area is 132 Å². The molecule has 126 valence electrons. The van der Waals surface area contributed by atoms with Gasteiger partial charge in [0, 0.05) is 18.7 Å². The summed E-state index contributed by atoms with van der Waals surface area (Å²) in [5, 5.41) is 0. The molecule has 0 N–H and O–H groups in total. The fourth-order valence-corrected chi connectivity index (χ4v) is 1.88. The van der Waals surface area contributed by atoms with Crippen molar-refractivity contribution in [2.24, 2.45) is 0 Å². The van der Waals surface area contributed by atoms with Crippen molar-refractivity contribution in [3.63, 3.8) is 0 Å². The molecule has 0 bridgehead atoms. The summed E-state index contributed by atoms with van der Waals surface area (Å²) in [6.07, 6.45) is -2.96. The van der Waals surface area contributed by atoms with Gasteiger partial charge in [-0.1, -0.05) is 6.08 Å². The minimum atomic E-state index is -4.45. The van der Waals surface area contributed by atoms with E-state index in [4.69, 9.17) is 4.74 Å². The van der Waals surface area contributed by atoms with Crippen LogP contribution in [-0.4, -0.2) is 36.5 Å². The van der Waals surface area contributed by atoms with Crippen LogP contribution in [0.15, 0.2) is 36.9 Å². The molecule has 0 aliphatic heterocycles. The lowest BCUT2D eigenvalue weighted by molar-refractivity contribution is -0.143. The first-order chi connectivity index (χ1) is 10.8. The van der Waals surface area contributed by atoms with E-state index in [9.17, 15) is 22.8 Å². The molecular formula is C16H18F3NO3. The van der Waals surface area contributed by atoms with Gasteiger partial charge in [-0.2, -0.15) is 13.2 Å². The lowest BCUT2D eigenvalue weighted by atomic mass is 10.1. The third-order valence-electron chi connectivity index (χ3n) is 2.99. The zero-order valence-electron chi connectivity index (χ0n) is 12.7. The molecule has 0 fully saturated rings. The van der Waals surface area contributed by atoms with Gasteiger partial charge < -0.3 is 9.64 Å². The second kappa shape index (κ2) is 8.36. The maximum absolute atomic E-state index is 12.5. The number of alkyl halides is 3. The smallest absolute Gasteiger partial charge is 0.416 e. The fraction of sp³-hybridized carbons (Fsp3) is 0.375. The molecule has 0 aromatic heterocycles. The first kappa shape index (κ1) is 18.7. The average molecular weight is 329 g/mol. The lowest BCUT2D eigenvalue weighted by Gasteiger charge is -2.21.